The Morgan fingerprint density at radius 3 is 2.89 bits per heavy atom. The minimum atomic E-state index is 0.704. The molecule has 19 heavy (non-hydrogen) atoms. The molecule has 1 aliphatic rings. The summed E-state index contributed by atoms with van der Waals surface area (Å²) < 4.78 is 5.06. The van der Waals surface area contributed by atoms with Gasteiger partial charge in [-0.3, -0.25) is 0 Å². The van der Waals surface area contributed by atoms with Gasteiger partial charge in [0.1, 0.15) is 5.82 Å². The number of methoxy groups -OCH3 is 1. The molecule has 0 atom stereocenters. The summed E-state index contributed by atoms with van der Waals surface area (Å²) >= 11 is 0. The number of pyridine rings is 1. The number of hydrogen-bond donors (Lipinski definition) is 2. The molecule has 1 fully saturated rings. The third kappa shape index (κ3) is 5.17. The van der Waals surface area contributed by atoms with Gasteiger partial charge < -0.3 is 15.4 Å². The van der Waals surface area contributed by atoms with Gasteiger partial charge in [-0.2, -0.15) is 0 Å². The lowest BCUT2D eigenvalue weighted by atomic mass is 10.1. The Bertz CT molecular complexity index is 391. The summed E-state index contributed by atoms with van der Waals surface area (Å²) in [5.74, 6) is 0.968. The van der Waals surface area contributed by atoms with Crippen LogP contribution in [0, 0.1) is 0 Å². The number of hydrogen-bond acceptors (Lipinski definition) is 4. The second kappa shape index (κ2) is 7.46. The van der Waals surface area contributed by atoms with Gasteiger partial charge >= 0.3 is 0 Å². The van der Waals surface area contributed by atoms with Crippen molar-refractivity contribution in [1.29, 1.82) is 0 Å². The van der Waals surface area contributed by atoms with E-state index in [9.17, 15) is 0 Å². The van der Waals surface area contributed by atoms with E-state index in [1.165, 1.54) is 24.1 Å². The lowest BCUT2D eigenvalue weighted by Gasteiger charge is -2.11. The van der Waals surface area contributed by atoms with Crippen LogP contribution in [-0.4, -0.2) is 31.3 Å². The molecule has 0 amide bonds. The number of nitrogens with one attached hydrogen (secondary N) is 2. The van der Waals surface area contributed by atoms with Gasteiger partial charge in [0.05, 0.1) is 6.61 Å². The Hall–Kier alpha value is -1.13. The summed E-state index contributed by atoms with van der Waals surface area (Å²) in [6.07, 6.45) is 4.82. The van der Waals surface area contributed by atoms with Crippen molar-refractivity contribution in [3.63, 3.8) is 0 Å². The smallest absolute Gasteiger partial charge is 0.126 e. The molecule has 0 unspecified atom stereocenters. The Kier molecular flexibility index (Phi) is 5.61. The molecule has 0 aromatic carbocycles. The summed E-state index contributed by atoms with van der Waals surface area (Å²) in [5, 5.41) is 6.88. The fraction of sp³-hybridized carbons (Fsp3) is 0.667. The van der Waals surface area contributed by atoms with Gasteiger partial charge in [0.2, 0.25) is 0 Å². The maximum Gasteiger partial charge on any atom is 0.126 e. The summed E-state index contributed by atoms with van der Waals surface area (Å²) in [4.78, 5) is 4.64. The first-order valence-electron chi connectivity index (χ1n) is 7.28. The van der Waals surface area contributed by atoms with Crippen LogP contribution in [-0.2, 0) is 17.7 Å². The van der Waals surface area contributed by atoms with Gasteiger partial charge in [-0.25, -0.2) is 4.98 Å². The zero-order valence-corrected chi connectivity index (χ0v) is 12.0. The number of aromatic nitrogens is 1. The molecule has 1 aliphatic carbocycles. The van der Waals surface area contributed by atoms with Gasteiger partial charge in [0.15, 0.2) is 0 Å². The average molecular weight is 263 g/mol. The molecule has 0 saturated heterocycles. The van der Waals surface area contributed by atoms with E-state index in [0.717, 1.165) is 37.8 Å². The Morgan fingerprint density at radius 2 is 2.21 bits per heavy atom. The Labute approximate surface area is 116 Å². The first-order valence-corrected chi connectivity index (χ1v) is 7.28. The highest BCUT2D eigenvalue weighted by molar-refractivity contribution is 5.40. The van der Waals surface area contributed by atoms with Gasteiger partial charge in [-0.1, -0.05) is 13.3 Å². The van der Waals surface area contributed by atoms with Crippen molar-refractivity contribution in [2.45, 2.75) is 45.2 Å². The van der Waals surface area contributed by atoms with Crippen LogP contribution in [0.25, 0.3) is 0 Å². The predicted octanol–water partition coefficient (Wildman–Crippen LogP) is 2.34. The van der Waals surface area contributed by atoms with Crippen molar-refractivity contribution < 1.29 is 4.74 Å². The number of aryl methyl sites for hydroxylation is 1. The number of ether oxygens (including phenoxy) is 1. The lowest BCUT2D eigenvalue weighted by Crippen LogP contribution is -2.16. The fourth-order valence-electron chi connectivity index (χ4n) is 2.06. The molecule has 1 saturated carbocycles. The zero-order valence-electron chi connectivity index (χ0n) is 12.0. The van der Waals surface area contributed by atoms with E-state index in [1.54, 1.807) is 7.11 Å². The van der Waals surface area contributed by atoms with Crippen LogP contribution in [0.2, 0.25) is 0 Å². The van der Waals surface area contributed by atoms with Crippen molar-refractivity contribution in [2.24, 2.45) is 0 Å². The highest BCUT2D eigenvalue weighted by Gasteiger charge is 2.20. The van der Waals surface area contributed by atoms with Crippen molar-refractivity contribution in [3.05, 3.63) is 23.4 Å². The molecule has 106 valence electrons. The number of rotatable bonds is 9. The molecule has 4 heteroatoms. The van der Waals surface area contributed by atoms with Gasteiger partial charge in [0.25, 0.3) is 0 Å². The second-order valence-electron chi connectivity index (χ2n) is 5.18. The van der Waals surface area contributed by atoms with E-state index in [4.69, 9.17) is 4.74 Å². The molecular weight excluding hydrogens is 238 g/mol. The molecule has 0 bridgehead atoms. The third-order valence-corrected chi connectivity index (χ3v) is 3.23. The summed E-state index contributed by atoms with van der Waals surface area (Å²) in [6, 6.07) is 5.11. The summed E-state index contributed by atoms with van der Waals surface area (Å²) in [6.45, 7) is 4.64. The molecule has 4 nitrogen and oxygen atoms in total. The van der Waals surface area contributed by atoms with E-state index >= 15 is 0 Å². The lowest BCUT2D eigenvalue weighted by molar-refractivity contribution is 0.210. The molecule has 2 N–H and O–H groups in total. The van der Waals surface area contributed by atoms with Crippen LogP contribution in [0.4, 0.5) is 5.82 Å². The molecular formula is C15H25N3O. The van der Waals surface area contributed by atoms with E-state index < -0.39 is 0 Å². The van der Waals surface area contributed by atoms with Gasteiger partial charge in [-0.15, -0.1) is 0 Å². The van der Waals surface area contributed by atoms with Gasteiger partial charge in [0, 0.05) is 31.9 Å². The first-order chi connectivity index (χ1) is 9.31. The molecule has 1 aromatic rings. The summed E-state index contributed by atoms with van der Waals surface area (Å²) in [7, 11) is 1.72. The molecule has 2 rings (SSSR count). The number of nitrogens with zero attached hydrogens (tertiary/aromatic N) is 1. The van der Waals surface area contributed by atoms with E-state index in [1.807, 2.05) is 0 Å². The topological polar surface area (TPSA) is 46.2 Å². The highest BCUT2D eigenvalue weighted by atomic mass is 16.5. The summed E-state index contributed by atoms with van der Waals surface area (Å²) in [5.41, 5.74) is 2.50. The van der Waals surface area contributed by atoms with Crippen LogP contribution < -0.4 is 10.6 Å². The van der Waals surface area contributed by atoms with Gasteiger partial charge in [-0.05, 0) is 37.0 Å². The van der Waals surface area contributed by atoms with Crippen molar-refractivity contribution in [1.82, 2.24) is 10.3 Å². The SMILES string of the molecule is CCCc1cc(CNC2CC2)cc(NCCOC)n1. The maximum absolute atomic E-state index is 5.06. The van der Waals surface area contributed by atoms with Crippen molar-refractivity contribution in [3.8, 4) is 0 Å². The normalized spacial score (nSPS) is 14.6. The van der Waals surface area contributed by atoms with Crippen LogP contribution in [0.5, 0.6) is 0 Å². The predicted molar refractivity (Wildman–Crippen MR) is 78.5 cm³/mol. The highest BCUT2D eigenvalue weighted by Crippen LogP contribution is 2.20. The van der Waals surface area contributed by atoms with Crippen LogP contribution in [0.3, 0.4) is 0 Å². The quantitative estimate of drug-likeness (QED) is 0.671. The van der Waals surface area contributed by atoms with E-state index in [0.29, 0.717) is 6.61 Å². The third-order valence-electron chi connectivity index (χ3n) is 3.23. The standard InChI is InChI=1S/C15H25N3O/c1-3-4-14-9-12(11-17-13-5-6-13)10-15(18-14)16-7-8-19-2/h9-10,13,17H,3-8,11H2,1-2H3,(H,16,18). The largest absolute Gasteiger partial charge is 0.383 e. The van der Waals surface area contributed by atoms with E-state index in [2.05, 4.69) is 34.7 Å². The van der Waals surface area contributed by atoms with Crippen LogP contribution in [0.15, 0.2) is 12.1 Å². The molecule has 1 aromatic heterocycles. The molecule has 0 radical (unpaired) electrons. The Balaban J connectivity index is 1.97. The van der Waals surface area contributed by atoms with Crippen molar-refractivity contribution >= 4 is 5.82 Å². The second-order valence-corrected chi connectivity index (χ2v) is 5.18. The first kappa shape index (κ1) is 14.3. The maximum atomic E-state index is 5.06. The molecule has 0 spiro atoms. The Morgan fingerprint density at radius 1 is 1.37 bits per heavy atom. The fourth-order valence-corrected chi connectivity index (χ4v) is 2.06. The minimum Gasteiger partial charge on any atom is -0.383 e. The minimum absolute atomic E-state index is 0.704. The molecule has 1 heterocycles. The van der Waals surface area contributed by atoms with Crippen LogP contribution >= 0.6 is 0 Å². The average Bonchev–Trinajstić information content (AvgIpc) is 3.21. The van der Waals surface area contributed by atoms with Crippen molar-refractivity contribution in [2.75, 3.05) is 25.6 Å². The van der Waals surface area contributed by atoms with E-state index in [-0.39, 0.29) is 0 Å². The van der Waals surface area contributed by atoms with Crippen LogP contribution in [0.1, 0.15) is 37.4 Å². The molecule has 0 aliphatic heterocycles. The number of anilines is 1. The zero-order chi connectivity index (χ0) is 13.5. The monoisotopic (exact) mass is 263 g/mol.